The van der Waals surface area contributed by atoms with Crippen molar-refractivity contribution in [3.63, 3.8) is 0 Å². The van der Waals surface area contributed by atoms with Crippen LogP contribution in [0.5, 0.6) is 0 Å². The first-order valence-corrected chi connectivity index (χ1v) is 12.6. The number of rotatable bonds is 3. The van der Waals surface area contributed by atoms with Gasteiger partial charge in [0.05, 0.1) is 17.3 Å². The van der Waals surface area contributed by atoms with Gasteiger partial charge >= 0.3 is 0 Å². The van der Waals surface area contributed by atoms with Gasteiger partial charge in [0.25, 0.3) is 0 Å². The molecule has 0 spiro atoms. The van der Waals surface area contributed by atoms with Crippen LogP contribution in [0.3, 0.4) is 0 Å². The molecule has 38 heavy (non-hydrogen) atoms. The second-order valence-electron chi connectivity index (χ2n) is 10.6. The standard InChI is InChI=1S/C35H28N2O/c1-22-8-18-28(30-7-5-6-20-37-30)33-31(22)29-19-15-26(21-36)32(34(29)38-33)25-11-9-23(10-12-25)24-13-16-27(17-14-24)35(2,3)4/h5-20H,1-4H3/i1D3. The lowest BCUT2D eigenvalue weighted by molar-refractivity contribution is 0.590. The largest absolute Gasteiger partial charge is 0.455 e. The first-order chi connectivity index (χ1) is 19.6. The van der Waals surface area contributed by atoms with Crippen LogP contribution >= 0.6 is 0 Å². The van der Waals surface area contributed by atoms with Crippen LogP contribution in [0.1, 0.15) is 41.6 Å². The SMILES string of the molecule is [2H]C([2H])([2H])c1ccc(-c2ccccn2)c2oc3c(-c4ccc(-c5ccc(C(C)(C)C)cc5)cc4)c(C#N)ccc3c12. The molecular weight excluding hydrogens is 464 g/mol. The highest BCUT2D eigenvalue weighted by atomic mass is 16.3. The Morgan fingerprint density at radius 2 is 1.50 bits per heavy atom. The van der Waals surface area contributed by atoms with Crippen LogP contribution in [0.25, 0.3) is 55.4 Å². The molecule has 3 heteroatoms. The molecule has 0 saturated carbocycles. The zero-order chi connectivity index (χ0) is 28.9. The molecule has 0 aliphatic rings. The van der Waals surface area contributed by atoms with Gasteiger partial charge in [0.2, 0.25) is 0 Å². The summed E-state index contributed by atoms with van der Waals surface area (Å²) in [6.07, 6.45) is 1.69. The Labute approximate surface area is 227 Å². The third-order valence-electron chi connectivity index (χ3n) is 7.11. The van der Waals surface area contributed by atoms with E-state index in [1.807, 2.05) is 42.5 Å². The van der Waals surface area contributed by atoms with Gasteiger partial charge in [0.1, 0.15) is 11.2 Å². The van der Waals surface area contributed by atoms with Gasteiger partial charge in [-0.15, -0.1) is 0 Å². The Bertz CT molecular complexity index is 1940. The highest BCUT2D eigenvalue weighted by Gasteiger charge is 2.20. The Hall–Kier alpha value is -4.68. The van der Waals surface area contributed by atoms with Crippen LogP contribution in [-0.2, 0) is 5.41 Å². The number of aromatic nitrogens is 1. The number of aryl methyl sites for hydroxylation is 1. The Morgan fingerprint density at radius 1 is 0.789 bits per heavy atom. The molecule has 6 rings (SSSR count). The Balaban J connectivity index is 1.55. The number of nitrogens with zero attached hydrogens (tertiary/aromatic N) is 2. The minimum absolute atomic E-state index is 0.0806. The van der Waals surface area contributed by atoms with E-state index in [4.69, 9.17) is 8.53 Å². The number of hydrogen-bond acceptors (Lipinski definition) is 3. The third kappa shape index (κ3) is 3.96. The molecule has 0 unspecified atom stereocenters. The van der Waals surface area contributed by atoms with E-state index in [9.17, 15) is 5.26 Å². The average molecular weight is 496 g/mol. The zero-order valence-electron chi connectivity index (χ0n) is 24.5. The van der Waals surface area contributed by atoms with Crippen molar-refractivity contribution in [2.45, 2.75) is 33.0 Å². The van der Waals surface area contributed by atoms with Gasteiger partial charge in [-0.3, -0.25) is 4.98 Å². The number of hydrogen-bond donors (Lipinski definition) is 0. The van der Waals surface area contributed by atoms with E-state index in [1.54, 1.807) is 30.5 Å². The Kier molecular flexibility index (Phi) is 4.83. The van der Waals surface area contributed by atoms with E-state index in [0.29, 0.717) is 44.3 Å². The summed E-state index contributed by atoms with van der Waals surface area (Å²) in [5, 5.41) is 11.2. The van der Waals surface area contributed by atoms with Crippen molar-refractivity contribution in [3.8, 4) is 39.6 Å². The first-order valence-electron chi connectivity index (χ1n) is 14.1. The minimum Gasteiger partial charge on any atom is -0.455 e. The van der Waals surface area contributed by atoms with Crippen LogP contribution in [0.2, 0.25) is 0 Å². The summed E-state index contributed by atoms with van der Waals surface area (Å²) in [6, 6.07) is 31.4. The van der Waals surface area contributed by atoms with Crippen LogP contribution in [0.4, 0.5) is 0 Å². The van der Waals surface area contributed by atoms with Gasteiger partial charge in [-0.25, -0.2) is 0 Å². The fourth-order valence-corrected chi connectivity index (χ4v) is 5.04. The van der Waals surface area contributed by atoms with E-state index in [1.165, 1.54) is 5.56 Å². The van der Waals surface area contributed by atoms with Crippen molar-refractivity contribution >= 4 is 21.9 Å². The second kappa shape index (κ2) is 9.01. The van der Waals surface area contributed by atoms with Crippen molar-refractivity contribution in [2.75, 3.05) is 0 Å². The van der Waals surface area contributed by atoms with Crippen molar-refractivity contribution in [3.05, 3.63) is 114 Å². The second-order valence-corrected chi connectivity index (χ2v) is 10.6. The molecule has 0 radical (unpaired) electrons. The fraction of sp³-hybridized carbons (Fsp3) is 0.143. The van der Waals surface area contributed by atoms with Gasteiger partial charge in [-0.2, -0.15) is 5.26 Å². The third-order valence-corrected chi connectivity index (χ3v) is 7.11. The summed E-state index contributed by atoms with van der Waals surface area (Å²) >= 11 is 0. The maximum atomic E-state index is 10.1. The van der Waals surface area contributed by atoms with Crippen molar-refractivity contribution in [1.29, 1.82) is 5.26 Å². The normalized spacial score (nSPS) is 13.2. The summed E-state index contributed by atoms with van der Waals surface area (Å²) in [5.74, 6) is 0. The molecule has 0 saturated heterocycles. The lowest BCUT2D eigenvalue weighted by Gasteiger charge is -2.19. The lowest BCUT2D eigenvalue weighted by Crippen LogP contribution is -2.10. The molecule has 0 N–H and O–H groups in total. The van der Waals surface area contributed by atoms with Gasteiger partial charge < -0.3 is 4.42 Å². The molecular formula is C35H28N2O. The van der Waals surface area contributed by atoms with Crippen molar-refractivity contribution in [1.82, 2.24) is 4.98 Å². The summed E-state index contributed by atoms with van der Waals surface area (Å²) in [6.45, 7) is 4.24. The molecule has 2 aromatic heterocycles. The average Bonchev–Trinajstić information content (AvgIpc) is 3.35. The minimum atomic E-state index is -2.35. The van der Waals surface area contributed by atoms with E-state index in [-0.39, 0.29) is 11.0 Å². The number of furan rings is 1. The van der Waals surface area contributed by atoms with E-state index in [2.05, 4.69) is 56.1 Å². The molecule has 0 fully saturated rings. The molecule has 2 heterocycles. The maximum Gasteiger partial charge on any atom is 0.145 e. The first kappa shape index (κ1) is 20.4. The molecule has 0 amide bonds. The molecule has 6 aromatic rings. The summed E-state index contributed by atoms with van der Waals surface area (Å²) < 4.78 is 31.2. The highest BCUT2D eigenvalue weighted by Crippen LogP contribution is 2.42. The van der Waals surface area contributed by atoms with Crippen LogP contribution in [0.15, 0.2) is 102 Å². The number of nitriles is 1. The number of fused-ring (bicyclic) bond motifs is 3. The van der Waals surface area contributed by atoms with Gasteiger partial charge in [0.15, 0.2) is 0 Å². The van der Waals surface area contributed by atoms with Gasteiger partial charge in [-0.05, 0) is 70.4 Å². The molecule has 184 valence electrons. The zero-order valence-corrected chi connectivity index (χ0v) is 21.5. The molecule has 4 aromatic carbocycles. The number of benzene rings is 4. The van der Waals surface area contributed by atoms with E-state index in [0.717, 1.165) is 16.7 Å². The van der Waals surface area contributed by atoms with Crippen LogP contribution in [-0.4, -0.2) is 4.98 Å². The monoisotopic (exact) mass is 495 g/mol. The fourth-order valence-electron chi connectivity index (χ4n) is 5.04. The predicted molar refractivity (Wildman–Crippen MR) is 156 cm³/mol. The molecule has 0 bridgehead atoms. The van der Waals surface area contributed by atoms with Crippen molar-refractivity contribution < 1.29 is 8.53 Å². The Morgan fingerprint density at radius 3 is 2.13 bits per heavy atom. The van der Waals surface area contributed by atoms with E-state index >= 15 is 0 Å². The molecule has 3 nitrogen and oxygen atoms in total. The van der Waals surface area contributed by atoms with E-state index < -0.39 is 6.85 Å². The van der Waals surface area contributed by atoms with Crippen molar-refractivity contribution in [2.24, 2.45) is 0 Å². The van der Waals surface area contributed by atoms with Gasteiger partial charge in [-0.1, -0.05) is 81.4 Å². The van der Waals surface area contributed by atoms with Crippen LogP contribution in [0, 0.1) is 18.2 Å². The molecule has 0 aliphatic carbocycles. The quantitative estimate of drug-likeness (QED) is 0.246. The summed E-state index contributed by atoms with van der Waals surface area (Å²) in [5.41, 5.74) is 7.93. The smallest absolute Gasteiger partial charge is 0.145 e. The molecule has 0 atom stereocenters. The predicted octanol–water partition coefficient (Wildman–Crippen LogP) is 9.46. The van der Waals surface area contributed by atoms with Gasteiger partial charge in [0, 0.05) is 32.2 Å². The summed E-state index contributed by atoms with van der Waals surface area (Å²) in [7, 11) is 0. The molecule has 0 aliphatic heterocycles. The maximum absolute atomic E-state index is 10.1. The summed E-state index contributed by atoms with van der Waals surface area (Å²) in [4.78, 5) is 4.48. The lowest BCUT2D eigenvalue weighted by atomic mass is 9.86. The van der Waals surface area contributed by atoms with Crippen LogP contribution < -0.4 is 0 Å². The highest BCUT2D eigenvalue weighted by molar-refractivity contribution is 6.15. The topological polar surface area (TPSA) is 49.8 Å². The number of pyridine rings is 1.